The maximum atomic E-state index is 15.4. The van der Waals surface area contributed by atoms with E-state index < -0.39 is 108 Å². The molecule has 0 aliphatic carbocycles. The number of fused-ring (bicyclic) bond motifs is 3. The van der Waals surface area contributed by atoms with Crippen molar-refractivity contribution in [1.29, 1.82) is 16.2 Å². The third kappa shape index (κ3) is 22.3. The molecule has 8 amide bonds. The predicted octanol–water partition coefficient (Wildman–Crippen LogP) is 0.952. The fraction of sp³-hybridized carbons (Fsp3) is 0.408. The fourth-order valence-corrected chi connectivity index (χ4v) is 12.4. The summed E-state index contributed by atoms with van der Waals surface area (Å²) in [7, 11) is 0. The van der Waals surface area contributed by atoms with E-state index >= 15 is 19.2 Å². The lowest BCUT2D eigenvalue weighted by molar-refractivity contribution is -0.142. The molecule has 7 aromatic rings. The quantitative estimate of drug-likeness (QED) is 0.0145. The van der Waals surface area contributed by atoms with Crippen LogP contribution in [-0.2, 0) is 68.8 Å². The molecule has 1 aliphatic heterocycles. The summed E-state index contributed by atoms with van der Waals surface area (Å²) in [5.41, 5.74) is 21.5. The molecule has 1 aliphatic rings. The summed E-state index contributed by atoms with van der Waals surface area (Å²) in [5, 5.41) is 69.3. The smallest absolute Gasteiger partial charge is 0.326 e. The molecule has 1 fully saturated rings. The number of carbonyl (C=O) groups excluding carboxylic acids is 8. The molecule has 102 heavy (non-hydrogen) atoms. The molecule has 8 rings (SSSR count). The number of aromatic amines is 3. The zero-order valence-corrected chi connectivity index (χ0v) is 57.2. The molecule has 544 valence electrons. The number of carbonyl (C=O) groups is 9. The standard InChI is InChI=1S/C71H95N21O10/c1-3-40(2)59(67(100)91-58(36-44-39-84-50-24-12-9-21-47(44)50)66(99)87-54(68(101)102)28-16-32-81-71(76)77)92-62(95)53(27-15-31-80-70(74)75)86-64(97)56(34-42-37-82-48-22-10-7-19-45(42)48)89-61(94)52(26-14-30-79-69(72)73)85-65(98)57(35-43-38-83-49-23-11-8-20-46(43)49)90-63(96)55(33-41-17-5-4-6-18-41)88-60(93)51-25-13-29-78-51/h4-12,17-24,37-40,51-59,78,82-84H,3,13-16,25-36H2,1-2H3,(H,85,98)(H,86,97)(H,87,99)(H,88,93)(H,89,94)(H,90,96)(H,91,100)(H,92,95)(H,101,102)(H4,72,73,79)(H4,74,75,80)(H4,76,77,81)/t40-,51-,52-,53-,54-,55-,56-,57-,58-,59-/m0/s1. The van der Waals surface area contributed by atoms with E-state index in [1.807, 2.05) is 91.0 Å². The van der Waals surface area contributed by atoms with Crippen molar-refractivity contribution in [2.75, 3.05) is 26.2 Å². The van der Waals surface area contributed by atoms with E-state index in [2.05, 4.69) is 78.8 Å². The first kappa shape index (κ1) is 76.3. The van der Waals surface area contributed by atoms with Crippen molar-refractivity contribution in [3.05, 3.63) is 144 Å². The van der Waals surface area contributed by atoms with Gasteiger partial charge in [-0.15, -0.1) is 0 Å². The maximum Gasteiger partial charge on any atom is 0.326 e. The van der Waals surface area contributed by atoms with Crippen molar-refractivity contribution < 1.29 is 48.3 Å². The Bertz CT molecular complexity index is 4070. The zero-order valence-electron chi connectivity index (χ0n) is 57.2. The summed E-state index contributed by atoms with van der Waals surface area (Å²) >= 11 is 0. The molecule has 0 spiro atoms. The molecule has 0 radical (unpaired) electrons. The van der Waals surface area contributed by atoms with Crippen LogP contribution >= 0.6 is 0 Å². The molecular weight excluding hydrogens is 1310 g/mol. The van der Waals surface area contributed by atoms with Crippen LogP contribution in [0.3, 0.4) is 0 Å². The molecule has 0 bridgehead atoms. The predicted molar refractivity (Wildman–Crippen MR) is 387 cm³/mol. The molecular formula is C71H95N21O10. The molecule has 31 nitrogen and oxygen atoms in total. The number of aromatic nitrogens is 3. The number of carboxylic acids is 1. The Morgan fingerprint density at radius 2 is 0.814 bits per heavy atom. The number of carboxylic acid groups (broad SMARTS) is 1. The highest BCUT2D eigenvalue weighted by Crippen LogP contribution is 2.24. The van der Waals surface area contributed by atoms with Gasteiger partial charge in [-0.2, -0.15) is 0 Å². The van der Waals surface area contributed by atoms with Crippen LogP contribution in [0.5, 0.6) is 0 Å². The highest BCUT2D eigenvalue weighted by atomic mass is 16.4. The Balaban J connectivity index is 1.09. The van der Waals surface area contributed by atoms with E-state index in [9.17, 15) is 29.1 Å². The van der Waals surface area contributed by atoms with Gasteiger partial charge in [0.05, 0.1) is 6.04 Å². The maximum absolute atomic E-state index is 15.4. The van der Waals surface area contributed by atoms with Gasteiger partial charge in [-0.25, -0.2) is 4.79 Å². The Morgan fingerprint density at radius 3 is 1.21 bits per heavy atom. The van der Waals surface area contributed by atoms with Gasteiger partial charge < -0.3 is 101 Å². The normalized spacial score (nSPS) is 15.3. The molecule has 4 aromatic carbocycles. The molecule has 31 heteroatoms. The largest absolute Gasteiger partial charge is 0.480 e. The van der Waals surface area contributed by atoms with Gasteiger partial charge in [0, 0.05) is 96.6 Å². The topological polar surface area (TPSA) is 515 Å². The number of benzene rings is 4. The molecule has 3 aromatic heterocycles. The van der Waals surface area contributed by atoms with Gasteiger partial charge in [0.25, 0.3) is 0 Å². The first-order valence-corrected chi connectivity index (χ1v) is 34.4. The third-order valence-electron chi connectivity index (χ3n) is 18.1. The van der Waals surface area contributed by atoms with E-state index in [0.717, 1.165) is 33.8 Å². The molecule has 1 saturated heterocycles. The summed E-state index contributed by atoms with van der Waals surface area (Å²) in [6.45, 7) is 4.41. The SMILES string of the molecule is CC[C@H](C)[C@H](NC(=O)[C@H](CCCNC(=N)N)NC(=O)[C@H](Cc1c[nH]c2ccccc12)NC(=O)[C@H](CCCNC(=N)N)NC(=O)[C@H](Cc1c[nH]c2ccccc12)NC(=O)[C@H](Cc1ccccc1)NC(=O)[C@@H]1CCCN1)C(=O)N[C@@H](Cc1c[nH]c2ccccc12)C(=O)N[C@@H](CCCNC(=N)N)C(=O)O. The van der Waals surface area contributed by atoms with Crippen LogP contribution in [0, 0.1) is 22.1 Å². The average molecular weight is 1400 g/mol. The molecule has 25 N–H and O–H groups in total. The lowest BCUT2D eigenvalue weighted by atomic mass is 9.96. The monoisotopic (exact) mass is 1400 g/mol. The molecule has 10 atom stereocenters. The Kier molecular flexibility index (Phi) is 28.1. The second-order valence-corrected chi connectivity index (χ2v) is 25.6. The number of para-hydroxylation sites is 3. The third-order valence-corrected chi connectivity index (χ3v) is 18.1. The van der Waals surface area contributed by atoms with Crippen molar-refractivity contribution in [1.82, 2.24) is 78.8 Å². The number of rotatable bonds is 39. The Labute approximate surface area is 589 Å². The number of aliphatic carboxylic acids is 1. The number of nitrogens with two attached hydrogens (primary N) is 3. The van der Waals surface area contributed by atoms with Crippen molar-refractivity contribution in [2.45, 2.75) is 152 Å². The minimum atomic E-state index is -1.51. The van der Waals surface area contributed by atoms with Gasteiger partial charge in [0.1, 0.15) is 48.3 Å². The zero-order chi connectivity index (χ0) is 73.2. The highest BCUT2D eigenvalue weighted by molar-refractivity contribution is 5.99. The summed E-state index contributed by atoms with van der Waals surface area (Å²) < 4.78 is 0. The van der Waals surface area contributed by atoms with Crippen LogP contribution < -0.4 is 81.0 Å². The minimum absolute atomic E-state index is 0.0628. The molecule has 4 heterocycles. The Hall–Kier alpha value is -11.5. The van der Waals surface area contributed by atoms with Crippen molar-refractivity contribution in [2.24, 2.45) is 23.1 Å². The van der Waals surface area contributed by atoms with Crippen LogP contribution in [0.2, 0.25) is 0 Å². The lowest BCUT2D eigenvalue weighted by Crippen LogP contribution is -2.61. The van der Waals surface area contributed by atoms with Gasteiger partial charge in [0.2, 0.25) is 47.3 Å². The van der Waals surface area contributed by atoms with Gasteiger partial charge in [-0.05, 0) is 104 Å². The van der Waals surface area contributed by atoms with Gasteiger partial charge in [0.15, 0.2) is 17.9 Å². The summed E-state index contributed by atoms with van der Waals surface area (Å²) in [6.07, 6.45) is 6.55. The first-order chi connectivity index (χ1) is 49.0. The number of hydrogen-bond acceptors (Lipinski definition) is 13. The summed E-state index contributed by atoms with van der Waals surface area (Å²) in [6, 6.07) is 19.3. The number of amides is 8. The number of guanidine groups is 3. The number of H-pyrrole nitrogens is 3. The van der Waals surface area contributed by atoms with E-state index in [-0.39, 0.29) is 108 Å². The van der Waals surface area contributed by atoms with E-state index in [4.69, 9.17) is 33.4 Å². The number of nitrogens with one attached hydrogen (secondary N) is 18. The van der Waals surface area contributed by atoms with Crippen LogP contribution in [0.15, 0.2) is 122 Å². The molecule has 0 unspecified atom stereocenters. The second kappa shape index (κ2) is 37.6. The minimum Gasteiger partial charge on any atom is -0.480 e. The van der Waals surface area contributed by atoms with E-state index in [0.29, 0.717) is 47.0 Å². The second-order valence-electron chi connectivity index (χ2n) is 25.6. The average Bonchev–Trinajstić information content (AvgIpc) is 1.64. The first-order valence-electron chi connectivity index (χ1n) is 34.4. The van der Waals surface area contributed by atoms with E-state index in [1.165, 1.54) is 0 Å². The summed E-state index contributed by atoms with van der Waals surface area (Å²) in [5.74, 6) is -9.07. The van der Waals surface area contributed by atoms with Crippen molar-refractivity contribution in [3.63, 3.8) is 0 Å². The van der Waals surface area contributed by atoms with Crippen LogP contribution in [0.1, 0.15) is 93.9 Å². The van der Waals surface area contributed by atoms with Crippen LogP contribution in [0.4, 0.5) is 0 Å². The van der Waals surface area contributed by atoms with Crippen LogP contribution in [-0.4, -0.2) is 172 Å². The van der Waals surface area contributed by atoms with Gasteiger partial charge in [-0.3, -0.25) is 54.6 Å². The summed E-state index contributed by atoms with van der Waals surface area (Å²) in [4.78, 5) is 141. The van der Waals surface area contributed by atoms with E-state index in [1.54, 1.807) is 44.6 Å². The van der Waals surface area contributed by atoms with Gasteiger partial charge in [-0.1, -0.05) is 105 Å². The number of hydrogen-bond donors (Lipinski definition) is 22. The van der Waals surface area contributed by atoms with Gasteiger partial charge >= 0.3 is 5.97 Å². The lowest BCUT2D eigenvalue weighted by Gasteiger charge is -2.30. The van der Waals surface area contributed by atoms with Crippen molar-refractivity contribution >= 4 is 104 Å². The highest BCUT2D eigenvalue weighted by Gasteiger charge is 2.38. The fourth-order valence-electron chi connectivity index (χ4n) is 12.4. The van der Waals surface area contributed by atoms with Crippen LogP contribution in [0.25, 0.3) is 32.7 Å². The molecule has 0 saturated carbocycles. The Morgan fingerprint density at radius 1 is 0.461 bits per heavy atom. The van der Waals surface area contributed by atoms with Crippen molar-refractivity contribution in [3.8, 4) is 0 Å².